The standard InChI is InChI=1S/C18H27NO4/c1-14-12-19(13-15(2)23-14)8-9-21-10-11-22-18-7-5-4-6-17(18)16(3)20/h4-7,14-15H,8-13H2,1-3H3/p+1/t14-,15-/m0/s1. The number of hydrogen-bond acceptors (Lipinski definition) is 4. The van der Waals surface area contributed by atoms with E-state index >= 15 is 0 Å². The molecule has 1 aromatic carbocycles. The zero-order valence-electron chi connectivity index (χ0n) is 14.3. The van der Waals surface area contributed by atoms with Gasteiger partial charge >= 0.3 is 0 Å². The number of morpholine rings is 1. The molecular weight excluding hydrogens is 294 g/mol. The SMILES string of the molecule is CC(=O)c1ccccc1OCCOCC[NH+]1C[C@H](C)O[C@@H](C)C1. The Morgan fingerprint density at radius 3 is 2.57 bits per heavy atom. The van der Waals surface area contributed by atoms with Gasteiger partial charge in [0.15, 0.2) is 5.78 Å². The van der Waals surface area contributed by atoms with Gasteiger partial charge in [0, 0.05) is 0 Å². The van der Waals surface area contributed by atoms with E-state index < -0.39 is 0 Å². The van der Waals surface area contributed by atoms with Crippen LogP contribution < -0.4 is 9.64 Å². The first-order chi connectivity index (χ1) is 11.1. The van der Waals surface area contributed by atoms with Crippen LogP contribution in [0.2, 0.25) is 0 Å². The van der Waals surface area contributed by atoms with Crippen molar-refractivity contribution in [2.45, 2.75) is 33.0 Å². The van der Waals surface area contributed by atoms with E-state index in [1.165, 1.54) is 4.90 Å². The molecule has 0 spiro atoms. The molecule has 0 aromatic heterocycles. The molecule has 1 aromatic rings. The lowest BCUT2D eigenvalue weighted by Gasteiger charge is -2.32. The quantitative estimate of drug-likeness (QED) is 0.572. The smallest absolute Gasteiger partial charge is 0.163 e. The molecule has 0 unspecified atom stereocenters. The zero-order valence-corrected chi connectivity index (χ0v) is 14.3. The van der Waals surface area contributed by atoms with Crippen LogP contribution in [0.15, 0.2) is 24.3 Å². The first-order valence-corrected chi connectivity index (χ1v) is 8.35. The van der Waals surface area contributed by atoms with Gasteiger partial charge in [0.1, 0.15) is 44.2 Å². The Morgan fingerprint density at radius 1 is 1.17 bits per heavy atom. The van der Waals surface area contributed by atoms with Crippen molar-refractivity contribution >= 4 is 5.78 Å². The molecule has 128 valence electrons. The van der Waals surface area contributed by atoms with Crippen LogP contribution in [-0.4, -0.2) is 57.4 Å². The minimum absolute atomic E-state index is 0.0145. The van der Waals surface area contributed by atoms with Gasteiger partial charge in [-0.25, -0.2) is 0 Å². The number of ketones is 1. The van der Waals surface area contributed by atoms with Gasteiger partial charge in [-0.2, -0.15) is 0 Å². The van der Waals surface area contributed by atoms with Crippen molar-refractivity contribution in [3.8, 4) is 5.75 Å². The molecule has 2 atom stereocenters. The van der Waals surface area contributed by atoms with Crippen LogP contribution in [0.25, 0.3) is 0 Å². The summed E-state index contributed by atoms with van der Waals surface area (Å²) in [5.41, 5.74) is 0.619. The number of nitrogens with one attached hydrogen (secondary N) is 1. The van der Waals surface area contributed by atoms with Crippen LogP contribution in [0.5, 0.6) is 5.75 Å². The molecular formula is C18H28NO4+. The molecule has 1 fully saturated rings. The maximum absolute atomic E-state index is 11.5. The fourth-order valence-corrected chi connectivity index (χ4v) is 3.01. The van der Waals surface area contributed by atoms with E-state index in [2.05, 4.69) is 13.8 Å². The second-order valence-electron chi connectivity index (χ2n) is 6.18. The zero-order chi connectivity index (χ0) is 16.7. The predicted molar refractivity (Wildman–Crippen MR) is 88.3 cm³/mol. The molecule has 0 aliphatic carbocycles. The van der Waals surface area contributed by atoms with E-state index in [0.717, 1.165) is 19.6 Å². The van der Waals surface area contributed by atoms with E-state index in [-0.39, 0.29) is 5.78 Å². The number of ether oxygens (including phenoxy) is 3. The topological polar surface area (TPSA) is 49.2 Å². The summed E-state index contributed by atoms with van der Waals surface area (Å²) in [7, 11) is 0. The minimum Gasteiger partial charge on any atom is -0.490 e. The third-order valence-electron chi connectivity index (χ3n) is 3.97. The summed E-state index contributed by atoms with van der Waals surface area (Å²) < 4.78 is 17.0. The maximum atomic E-state index is 11.5. The second-order valence-corrected chi connectivity index (χ2v) is 6.18. The van der Waals surface area contributed by atoms with Crippen LogP contribution in [0.4, 0.5) is 0 Å². The first-order valence-electron chi connectivity index (χ1n) is 8.35. The summed E-state index contributed by atoms with van der Waals surface area (Å²) in [6, 6.07) is 7.31. The highest BCUT2D eigenvalue weighted by Crippen LogP contribution is 2.18. The monoisotopic (exact) mass is 322 g/mol. The van der Waals surface area contributed by atoms with E-state index in [0.29, 0.717) is 43.3 Å². The van der Waals surface area contributed by atoms with E-state index in [9.17, 15) is 4.79 Å². The summed E-state index contributed by atoms with van der Waals surface area (Å²) in [5.74, 6) is 0.644. The Balaban J connectivity index is 1.62. The Kier molecular flexibility index (Phi) is 7.02. The van der Waals surface area contributed by atoms with Gasteiger partial charge in [0.2, 0.25) is 0 Å². The van der Waals surface area contributed by atoms with Crippen LogP contribution in [-0.2, 0) is 9.47 Å². The van der Waals surface area contributed by atoms with Gasteiger partial charge in [0.05, 0.1) is 18.8 Å². The lowest BCUT2D eigenvalue weighted by Crippen LogP contribution is -3.15. The molecule has 5 nitrogen and oxygen atoms in total. The molecule has 1 saturated heterocycles. The second kappa shape index (κ2) is 9.01. The van der Waals surface area contributed by atoms with Crippen molar-refractivity contribution in [2.24, 2.45) is 0 Å². The molecule has 1 heterocycles. The van der Waals surface area contributed by atoms with Gasteiger partial charge in [0.25, 0.3) is 0 Å². The van der Waals surface area contributed by atoms with Crippen molar-refractivity contribution in [3.63, 3.8) is 0 Å². The van der Waals surface area contributed by atoms with Crippen molar-refractivity contribution < 1.29 is 23.9 Å². The number of quaternary nitrogens is 1. The average Bonchev–Trinajstić information content (AvgIpc) is 2.50. The first kappa shape index (κ1) is 17.9. The number of Topliss-reactive ketones (excluding diaryl/α,β-unsaturated/α-hetero) is 1. The van der Waals surface area contributed by atoms with Gasteiger partial charge < -0.3 is 19.1 Å². The van der Waals surface area contributed by atoms with Gasteiger partial charge in [-0.3, -0.25) is 4.79 Å². The van der Waals surface area contributed by atoms with E-state index in [1.807, 2.05) is 18.2 Å². The fraction of sp³-hybridized carbons (Fsp3) is 0.611. The van der Waals surface area contributed by atoms with Crippen molar-refractivity contribution in [1.82, 2.24) is 0 Å². The molecule has 0 amide bonds. The molecule has 5 heteroatoms. The number of carbonyl (C=O) groups excluding carboxylic acids is 1. The number of benzene rings is 1. The molecule has 1 aliphatic heterocycles. The minimum atomic E-state index is 0.0145. The van der Waals surface area contributed by atoms with Crippen LogP contribution in [0, 0.1) is 0 Å². The average molecular weight is 322 g/mol. The fourth-order valence-electron chi connectivity index (χ4n) is 3.01. The highest BCUT2D eigenvalue weighted by molar-refractivity contribution is 5.96. The predicted octanol–water partition coefficient (Wildman–Crippen LogP) is 0.977. The summed E-state index contributed by atoms with van der Waals surface area (Å²) in [4.78, 5) is 13.0. The van der Waals surface area contributed by atoms with Gasteiger partial charge in [-0.05, 0) is 32.9 Å². The molecule has 0 bridgehead atoms. The Labute approximate surface area is 138 Å². The van der Waals surface area contributed by atoms with E-state index in [1.54, 1.807) is 13.0 Å². The maximum Gasteiger partial charge on any atom is 0.163 e. The molecule has 1 aliphatic rings. The van der Waals surface area contributed by atoms with Crippen LogP contribution >= 0.6 is 0 Å². The van der Waals surface area contributed by atoms with Crippen molar-refractivity contribution in [2.75, 3.05) is 39.5 Å². The highest BCUT2D eigenvalue weighted by atomic mass is 16.5. The summed E-state index contributed by atoms with van der Waals surface area (Å²) in [5, 5.41) is 0. The Hall–Kier alpha value is -1.43. The third kappa shape index (κ3) is 5.94. The number of carbonyl (C=O) groups is 1. The lowest BCUT2D eigenvalue weighted by molar-refractivity contribution is -0.915. The van der Waals surface area contributed by atoms with Crippen LogP contribution in [0.1, 0.15) is 31.1 Å². The summed E-state index contributed by atoms with van der Waals surface area (Å²) in [6.45, 7) is 10.6. The molecule has 1 N–H and O–H groups in total. The lowest BCUT2D eigenvalue weighted by atomic mass is 10.1. The summed E-state index contributed by atoms with van der Waals surface area (Å²) in [6.07, 6.45) is 0.639. The van der Waals surface area contributed by atoms with Gasteiger partial charge in [-0.15, -0.1) is 0 Å². The Bertz CT molecular complexity index is 496. The molecule has 0 radical (unpaired) electrons. The van der Waals surface area contributed by atoms with E-state index in [4.69, 9.17) is 14.2 Å². The van der Waals surface area contributed by atoms with Crippen molar-refractivity contribution in [3.05, 3.63) is 29.8 Å². The largest absolute Gasteiger partial charge is 0.490 e. The third-order valence-corrected chi connectivity index (χ3v) is 3.97. The summed E-state index contributed by atoms with van der Waals surface area (Å²) >= 11 is 0. The van der Waals surface area contributed by atoms with Gasteiger partial charge in [-0.1, -0.05) is 12.1 Å². The van der Waals surface area contributed by atoms with Crippen molar-refractivity contribution in [1.29, 1.82) is 0 Å². The van der Waals surface area contributed by atoms with Crippen LogP contribution in [0.3, 0.4) is 0 Å². The number of rotatable bonds is 8. The molecule has 0 saturated carbocycles. The Morgan fingerprint density at radius 2 is 1.87 bits per heavy atom. The highest BCUT2D eigenvalue weighted by Gasteiger charge is 2.24. The normalized spacial score (nSPS) is 24.4. The molecule has 2 rings (SSSR count). The molecule has 23 heavy (non-hydrogen) atoms. The number of hydrogen-bond donors (Lipinski definition) is 1. The number of para-hydroxylation sites is 1.